The first kappa shape index (κ1) is 36.2. The number of allylic oxidation sites excluding steroid dienone is 4. The van der Waals surface area contributed by atoms with Crippen LogP contribution in [0.3, 0.4) is 0 Å². The molecule has 9 rings (SSSR count). The molecule has 0 amide bonds. The van der Waals surface area contributed by atoms with Crippen molar-refractivity contribution in [2.24, 2.45) is 11.7 Å². The third kappa shape index (κ3) is 7.95. The number of nitrogens with one attached hydrogen (secondary N) is 3. The Hall–Kier alpha value is -6.50. The van der Waals surface area contributed by atoms with Crippen molar-refractivity contribution in [2.45, 2.75) is 32.2 Å². The predicted octanol–water partition coefficient (Wildman–Crippen LogP) is 12.7. The third-order valence-electron chi connectivity index (χ3n) is 10.9. The molecule has 1 aromatic heterocycles. The minimum absolute atomic E-state index is 0.177. The van der Waals surface area contributed by atoms with Crippen LogP contribution in [0.2, 0.25) is 0 Å². The summed E-state index contributed by atoms with van der Waals surface area (Å²) in [5, 5.41) is 13.4. The summed E-state index contributed by atoms with van der Waals surface area (Å²) in [6, 6.07) is 59.6. The molecule has 5 heteroatoms. The summed E-state index contributed by atoms with van der Waals surface area (Å²) in [7, 11) is 0. The van der Waals surface area contributed by atoms with Crippen LogP contribution < -0.4 is 21.7 Å². The number of anilines is 2. The number of furan rings is 1. The van der Waals surface area contributed by atoms with Crippen LogP contribution in [-0.4, -0.2) is 0 Å². The number of para-hydroxylation sites is 2. The molecule has 0 radical (unpaired) electrons. The highest BCUT2D eigenvalue weighted by Gasteiger charge is 2.18. The van der Waals surface area contributed by atoms with E-state index < -0.39 is 0 Å². The van der Waals surface area contributed by atoms with Gasteiger partial charge in [0.05, 0.1) is 12.3 Å². The van der Waals surface area contributed by atoms with E-state index in [1.807, 2.05) is 36.4 Å². The molecule has 0 bridgehead atoms. The van der Waals surface area contributed by atoms with E-state index >= 15 is 0 Å². The lowest BCUT2D eigenvalue weighted by Gasteiger charge is -2.25. The summed E-state index contributed by atoms with van der Waals surface area (Å²) in [6.07, 6.45) is 7.21. The Morgan fingerprint density at radius 1 is 0.649 bits per heavy atom. The van der Waals surface area contributed by atoms with E-state index in [0.29, 0.717) is 12.5 Å². The van der Waals surface area contributed by atoms with Crippen LogP contribution in [0.1, 0.15) is 47.9 Å². The van der Waals surface area contributed by atoms with Gasteiger partial charge in [0.1, 0.15) is 11.2 Å². The monoisotopic (exact) mass is 742 g/mol. The van der Waals surface area contributed by atoms with Gasteiger partial charge in [0.25, 0.3) is 0 Å². The van der Waals surface area contributed by atoms with E-state index in [0.717, 1.165) is 73.1 Å². The molecule has 0 fully saturated rings. The standard InChI is InChI=1S/C52H46N4O/c1-35-13-10-18-39(31-35)40-27-30-48(47(33-40)42-20-11-19-41(32-42)44-22-12-23-46-45-21-8-9-24-49(45)57-50(44)46)55-43-28-25-38(26-29-43)52(54-34-36-14-4-2-5-15-36)56-51(53)37-16-6-3-7-17-37/h2-30,32-33,35,51-52,54-56H,31,34,53H2,1H3. The molecule has 1 heterocycles. The number of hydrogen-bond acceptors (Lipinski definition) is 5. The van der Waals surface area contributed by atoms with E-state index in [1.165, 1.54) is 16.7 Å². The molecular weight excluding hydrogens is 697 g/mol. The second kappa shape index (κ2) is 16.3. The molecule has 0 spiro atoms. The molecule has 1 aliphatic carbocycles. The quantitative estimate of drug-likeness (QED) is 0.0938. The molecule has 7 aromatic carbocycles. The Labute approximate surface area is 334 Å². The molecule has 0 saturated carbocycles. The summed E-state index contributed by atoms with van der Waals surface area (Å²) in [5.41, 5.74) is 20.9. The minimum atomic E-state index is -0.342. The van der Waals surface area contributed by atoms with E-state index in [9.17, 15) is 0 Å². The van der Waals surface area contributed by atoms with Crippen LogP contribution in [0.15, 0.2) is 193 Å². The van der Waals surface area contributed by atoms with Gasteiger partial charge < -0.3 is 15.5 Å². The number of rotatable bonds is 12. The summed E-state index contributed by atoms with van der Waals surface area (Å²) < 4.78 is 6.46. The number of benzene rings is 7. The van der Waals surface area contributed by atoms with Gasteiger partial charge in [-0.25, -0.2) is 0 Å². The molecule has 280 valence electrons. The molecular formula is C52H46N4O. The molecule has 5 nitrogen and oxygen atoms in total. The van der Waals surface area contributed by atoms with Gasteiger partial charge in [-0.1, -0.05) is 159 Å². The van der Waals surface area contributed by atoms with Crippen molar-refractivity contribution >= 4 is 38.9 Å². The molecule has 3 unspecified atom stereocenters. The largest absolute Gasteiger partial charge is 0.455 e. The van der Waals surface area contributed by atoms with Gasteiger partial charge in [0.2, 0.25) is 0 Å². The summed E-state index contributed by atoms with van der Waals surface area (Å²) in [6.45, 7) is 2.98. The molecule has 57 heavy (non-hydrogen) atoms. The fourth-order valence-corrected chi connectivity index (χ4v) is 7.92. The fraction of sp³-hybridized carbons (Fsp3) is 0.115. The van der Waals surface area contributed by atoms with Crippen LogP contribution >= 0.6 is 0 Å². The lowest BCUT2D eigenvalue weighted by atomic mass is 9.89. The van der Waals surface area contributed by atoms with Crippen molar-refractivity contribution in [1.82, 2.24) is 10.6 Å². The highest BCUT2D eigenvalue weighted by Crippen LogP contribution is 2.40. The first-order valence-corrected chi connectivity index (χ1v) is 19.8. The summed E-state index contributed by atoms with van der Waals surface area (Å²) in [4.78, 5) is 0. The second-order valence-electron chi connectivity index (χ2n) is 15.0. The zero-order valence-electron chi connectivity index (χ0n) is 32.0. The van der Waals surface area contributed by atoms with E-state index in [2.05, 4.69) is 175 Å². The van der Waals surface area contributed by atoms with Crippen LogP contribution in [0.5, 0.6) is 0 Å². The minimum Gasteiger partial charge on any atom is -0.455 e. The maximum Gasteiger partial charge on any atom is 0.143 e. The van der Waals surface area contributed by atoms with Crippen molar-refractivity contribution < 1.29 is 4.42 Å². The zero-order chi connectivity index (χ0) is 38.6. The lowest BCUT2D eigenvalue weighted by Crippen LogP contribution is -2.39. The summed E-state index contributed by atoms with van der Waals surface area (Å²) in [5.74, 6) is 0.500. The fourth-order valence-electron chi connectivity index (χ4n) is 7.92. The maximum atomic E-state index is 6.70. The number of nitrogens with two attached hydrogens (primary N) is 1. The third-order valence-corrected chi connectivity index (χ3v) is 10.9. The lowest BCUT2D eigenvalue weighted by molar-refractivity contribution is 0.386. The topological polar surface area (TPSA) is 75.2 Å². The second-order valence-corrected chi connectivity index (χ2v) is 15.0. The van der Waals surface area contributed by atoms with Gasteiger partial charge in [0, 0.05) is 39.8 Å². The van der Waals surface area contributed by atoms with Crippen LogP contribution in [0.4, 0.5) is 11.4 Å². The van der Waals surface area contributed by atoms with Gasteiger partial charge in [-0.05, 0) is 87.7 Å². The Balaban J connectivity index is 1.04. The van der Waals surface area contributed by atoms with Crippen LogP contribution in [0, 0.1) is 5.92 Å². The first-order valence-electron chi connectivity index (χ1n) is 19.8. The zero-order valence-corrected chi connectivity index (χ0v) is 32.0. The summed E-state index contributed by atoms with van der Waals surface area (Å²) >= 11 is 0. The van der Waals surface area contributed by atoms with E-state index in [4.69, 9.17) is 10.2 Å². The molecule has 0 aliphatic heterocycles. The van der Waals surface area contributed by atoms with Crippen molar-refractivity contribution in [3.63, 3.8) is 0 Å². The van der Waals surface area contributed by atoms with Crippen molar-refractivity contribution in [3.05, 3.63) is 210 Å². The molecule has 0 saturated heterocycles. The highest BCUT2D eigenvalue weighted by atomic mass is 16.3. The van der Waals surface area contributed by atoms with E-state index in [1.54, 1.807) is 0 Å². The number of fused-ring (bicyclic) bond motifs is 3. The first-order chi connectivity index (χ1) is 28.1. The van der Waals surface area contributed by atoms with Crippen LogP contribution in [-0.2, 0) is 6.54 Å². The van der Waals surface area contributed by atoms with Gasteiger partial charge in [-0.15, -0.1) is 0 Å². The average molecular weight is 743 g/mol. The van der Waals surface area contributed by atoms with Gasteiger partial charge in [-0.2, -0.15) is 0 Å². The Morgan fingerprint density at radius 2 is 1.37 bits per heavy atom. The van der Waals surface area contributed by atoms with Gasteiger partial charge >= 0.3 is 0 Å². The normalized spacial score (nSPS) is 15.1. The highest BCUT2D eigenvalue weighted by molar-refractivity contribution is 6.09. The predicted molar refractivity (Wildman–Crippen MR) is 238 cm³/mol. The SMILES string of the molecule is CC1C=CC=C(c2ccc(Nc3ccc(C(NCc4ccccc4)NC(N)c4ccccc4)cc3)c(-c3cccc(-c4cccc5c4oc4ccccc45)c3)c2)C1. The Morgan fingerprint density at radius 3 is 2.18 bits per heavy atom. The molecule has 5 N–H and O–H groups in total. The molecule has 8 aromatic rings. The van der Waals surface area contributed by atoms with Crippen molar-refractivity contribution in [3.8, 4) is 22.3 Å². The Kier molecular flexibility index (Phi) is 10.3. The number of hydrogen-bond donors (Lipinski definition) is 4. The molecule has 1 aliphatic rings. The Bertz CT molecular complexity index is 2700. The average Bonchev–Trinajstić information content (AvgIpc) is 3.65. The van der Waals surface area contributed by atoms with E-state index in [-0.39, 0.29) is 12.3 Å². The van der Waals surface area contributed by atoms with Crippen LogP contribution in [0.25, 0.3) is 49.8 Å². The van der Waals surface area contributed by atoms with Gasteiger partial charge in [0.15, 0.2) is 0 Å². The molecule has 3 atom stereocenters. The van der Waals surface area contributed by atoms with Crippen molar-refractivity contribution in [2.75, 3.05) is 5.32 Å². The van der Waals surface area contributed by atoms with Crippen molar-refractivity contribution in [1.29, 1.82) is 0 Å². The van der Waals surface area contributed by atoms with Gasteiger partial charge in [-0.3, -0.25) is 10.6 Å². The maximum absolute atomic E-state index is 6.70. The smallest absolute Gasteiger partial charge is 0.143 e.